The standard InChI is InChI=1S/C14H19N3O/c1-4-17-12(7-11(3)16-17)8-14(18)13-5-6-15-9-10(13)2/h5-7,9,14,18H,4,8H2,1-3H3. The van der Waals surface area contributed by atoms with Gasteiger partial charge >= 0.3 is 0 Å². The average molecular weight is 245 g/mol. The lowest BCUT2D eigenvalue weighted by molar-refractivity contribution is 0.174. The summed E-state index contributed by atoms with van der Waals surface area (Å²) in [5.41, 5.74) is 4.01. The Balaban J connectivity index is 2.21. The minimum Gasteiger partial charge on any atom is -0.388 e. The molecule has 0 aliphatic heterocycles. The van der Waals surface area contributed by atoms with E-state index < -0.39 is 6.10 Å². The molecule has 0 aliphatic carbocycles. The van der Waals surface area contributed by atoms with Crippen LogP contribution in [0.2, 0.25) is 0 Å². The van der Waals surface area contributed by atoms with Crippen molar-refractivity contribution < 1.29 is 5.11 Å². The van der Waals surface area contributed by atoms with Gasteiger partial charge in [0.2, 0.25) is 0 Å². The molecule has 0 saturated carbocycles. The van der Waals surface area contributed by atoms with Gasteiger partial charge in [-0.25, -0.2) is 0 Å². The van der Waals surface area contributed by atoms with E-state index in [9.17, 15) is 5.11 Å². The average Bonchev–Trinajstić information content (AvgIpc) is 2.70. The summed E-state index contributed by atoms with van der Waals surface area (Å²) in [5.74, 6) is 0. The molecule has 18 heavy (non-hydrogen) atoms. The molecule has 2 aromatic heterocycles. The lowest BCUT2D eigenvalue weighted by atomic mass is 10.0. The van der Waals surface area contributed by atoms with Crippen LogP contribution in [0.15, 0.2) is 24.5 Å². The molecule has 0 amide bonds. The number of aryl methyl sites for hydroxylation is 3. The van der Waals surface area contributed by atoms with E-state index in [2.05, 4.69) is 17.0 Å². The molecule has 4 nitrogen and oxygen atoms in total. The van der Waals surface area contributed by atoms with Gasteiger partial charge in [0.05, 0.1) is 11.8 Å². The van der Waals surface area contributed by atoms with Crippen LogP contribution in [0.1, 0.15) is 35.5 Å². The number of aliphatic hydroxyl groups is 1. The Morgan fingerprint density at radius 3 is 2.83 bits per heavy atom. The first-order chi connectivity index (χ1) is 8.61. The van der Waals surface area contributed by atoms with Gasteiger partial charge in [-0.3, -0.25) is 9.67 Å². The minimum atomic E-state index is -0.505. The molecule has 1 N–H and O–H groups in total. The summed E-state index contributed by atoms with van der Waals surface area (Å²) in [4.78, 5) is 4.04. The Kier molecular flexibility index (Phi) is 3.77. The van der Waals surface area contributed by atoms with Crippen LogP contribution in [0.25, 0.3) is 0 Å². The van der Waals surface area contributed by atoms with Gasteiger partial charge in [-0.2, -0.15) is 5.10 Å². The summed E-state index contributed by atoms with van der Waals surface area (Å²) in [5, 5.41) is 14.7. The quantitative estimate of drug-likeness (QED) is 0.898. The third kappa shape index (κ3) is 2.59. The molecule has 0 radical (unpaired) electrons. The second kappa shape index (κ2) is 5.31. The zero-order valence-corrected chi connectivity index (χ0v) is 11.1. The predicted octanol–water partition coefficient (Wildman–Crippen LogP) is 2.19. The molecule has 1 unspecified atom stereocenters. The minimum absolute atomic E-state index is 0.505. The highest BCUT2D eigenvalue weighted by Crippen LogP contribution is 2.21. The first kappa shape index (κ1) is 12.8. The molecule has 2 aromatic rings. The molecule has 0 aromatic carbocycles. The summed E-state index contributed by atoms with van der Waals surface area (Å²) < 4.78 is 1.94. The topological polar surface area (TPSA) is 50.9 Å². The number of nitrogens with zero attached hydrogens (tertiary/aromatic N) is 3. The van der Waals surface area contributed by atoms with E-state index in [1.165, 1.54) is 0 Å². The van der Waals surface area contributed by atoms with E-state index in [0.29, 0.717) is 6.42 Å². The van der Waals surface area contributed by atoms with Crippen molar-refractivity contribution in [2.75, 3.05) is 0 Å². The molecule has 0 saturated heterocycles. The number of aromatic nitrogens is 3. The summed E-state index contributed by atoms with van der Waals surface area (Å²) in [7, 11) is 0. The van der Waals surface area contributed by atoms with Crippen LogP contribution in [0.5, 0.6) is 0 Å². The van der Waals surface area contributed by atoms with E-state index >= 15 is 0 Å². The maximum Gasteiger partial charge on any atom is 0.0848 e. The van der Waals surface area contributed by atoms with Crippen molar-refractivity contribution in [2.24, 2.45) is 0 Å². The lowest BCUT2D eigenvalue weighted by Crippen LogP contribution is -2.09. The van der Waals surface area contributed by atoms with Gasteiger partial charge in [-0.1, -0.05) is 0 Å². The van der Waals surface area contributed by atoms with Gasteiger partial charge in [0.15, 0.2) is 0 Å². The summed E-state index contributed by atoms with van der Waals surface area (Å²) >= 11 is 0. The highest BCUT2D eigenvalue weighted by molar-refractivity contribution is 5.25. The van der Waals surface area contributed by atoms with Crippen LogP contribution < -0.4 is 0 Å². The highest BCUT2D eigenvalue weighted by atomic mass is 16.3. The van der Waals surface area contributed by atoms with Crippen molar-refractivity contribution in [2.45, 2.75) is 39.8 Å². The monoisotopic (exact) mass is 245 g/mol. The molecule has 4 heteroatoms. The van der Waals surface area contributed by atoms with Gasteiger partial charge < -0.3 is 5.11 Å². The zero-order valence-electron chi connectivity index (χ0n) is 11.1. The van der Waals surface area contributed by atoms with E-state index in [4.69, 9.17) is 0 Å². The largest absolute Gasteiger partial charge is 0.388 e. The van der Waals surface area contributed by atoms with Crippen LogP contribution in [-0.4, -0.2) is 19.9 Å². The van der Waals surface area contributed by atoms with Crippen molar-refractivity contribution in [3.63, 3.8) is 0 Å². The zero-order chi connectivity index (χ0) is 13.1. The fraction of sp³-hybridized carbons (Fsp3) is 0.429. The van der Waals surface area contributed by atoms with Crippen molar-refractivity contribution in [3.05, 3.63) is 47.0 Å². The van der Waals surface area contributed by atoms with Crippen LogP contribution >= 0.6 is 0 Å². The molecule has 1 atom stereocenters. The molecule has 96 valence electrons. The summed E-state index contributed by atoms with van der Waals surface area (Å²) in [6, 6.07) is 3.91. The number of aliphatic hydroxyl groups excluding tert-OH is 1. The van der Waals surface area contributed by atoms with E-state index in [0.717, 1.165) is 29.1 Å². The fourth-order valence-electron chi connectivity index (χ4n) is 2.20. The molecule has 0 spiro atoms. The molecular weight excluding hydrogens is 226 g/mol. The van der Waals surface area contributed by atoms with Crippen molar-refractivity contribution in [1.29, 1.82) is 0 Å². The van der Waals surface area contributed by atoms with E-state index in [-0.39, 0.29) is 0 Å². The number of hydrogen-bond donors (Lipinski definition) is 1. The molecule has 0 bridgehead atoms. The van der Waals surface area contributed by atoms with Crippen molar-refractivity contribution in [1.82, 2.24) is 14.8 Å². The van der Waals surface area contributed by atoms with Crippen LogP contribution in [0.4, 0.5) is 0 Å². The molecular formula is C14H19N3O. The third-order valence-electron chi connectivity index (χ3n) is 3.11. The van der Waals surface area contributed by atoms with Gasteiger partial charge in [0.1, 0.15) is 0 Å². The van der Waals surface area contributed by atoms with E-state index in [1.54, 1.807) is 12.4 Å². The lowest BCUT2D eigenvalue weighted by Gasteiger charge is -2.13. The molecule has 2 rings (SSSR count). The third-order valence-corrected chi connectivity index (χ3v) is 3.11. The summed E-state index contributed by atoms with van der Waals surface area (Å²) in [6.45, 7) is 6.82. The maximum atomic E-state index is 10.3. The highest BCUT2D eigenvalue weighted by Gasteiger charge is 2.14. The number of pyridine rings is 1. The van der Waals surface area contributed by atoms with Crippen molar-refractivity contribution >= 4 is 0 Å². The van der Waals surface area contributed by atoms with Gasteiger partial charge in [-0.05, 0) is 44.0 Å². The van der Waals surface area contributed by atoms with Gasteiger partial charge in [0.25, 0.3) is 0 Å². The Morgan fingerprint density at radius 1 is 1.39 bits per heavy atom. The fourth-order valence-corrected chi connectivity index (χ4v) is 2.20. The van der Waals surface area contributed by atoms with Crippen molar-refractivity contribution in [3.8, 4) is 0 Å². The van der Waals surface area contributed by atoms with Crippen LogP contribution in [0, 0.1) is 13.8 Å². The normalized spacial score (nSPS) is 12.7. The van der Waals surface area contributed by atoms with Crippen LogP contribution in [0.3, 0.4) is 0 Å². The summed E-state index contributed by atoms with van der Waals surface area (Å²) in [6.07, 6.45) is 3.57. The SMILES string of the molecule is CCn1nc(C)cc1CC(O)c1ccncc1C. The van der Waals surface area contributed by atoms with Crippen LogP contribution in [-0.2, 0) is 13.0 Å². The number of rotatable bonds is 4. The predicted molar refractivity (Wildman–Crippen MR) is 70.3 cm³/mol. The molecule has 0 aliphatic rings. The van der Waals surface area contributed by atoms with Gasteiger partial charge in [-0.15, -0.1) is 0 Å². The Bertz CT molecular complexity index is 534. The molecule has 0 fully saturated rings. The Hall–Kier alpha value is -1.68. The second-order valence-corrected chi connectivity index (χ2v) is 4.55. The van der Waals surface area contributed by atoms with E-state index in [1.807, 2.05) is 30.7 Å². The maximum absolute atomic E-state index is 10.3. The first-order valence-corrected chi connectivity index (χ1v) is 6.23. The number of hydrogen-bond acceptors (Lipinski definition) is 3. The molecule has 2 heterocycles. The Labute approximate surface area is 107 Å². The first-order valence-electron chi connectivity index (χ1n) is 6.23. The smallest absolute Gasteiger partial charge is 0.0848 e. The van der Waals surface area contributed by atoms with Gasteiger partial charge in [0, 0.05) is 31.1 Å². The second-order valence-electron chi connectivity index (χ2n) is 4.55. The Morgan fingerprint density at radius 2 is 2.17 bits per heavy atom.